The number of thiazole rings is 1. The van der Waals surface area contributed by atoms with Crippen LogP contribution in [0.1, 0.15) is 38.4 Å². The first-order valence-electron chi connectivity index (χ1n) is 10.7. The molecule has 1 aliphatic heterocycles. The van der Waals surface area contributed by atoms with Crippen LogP contribution in [0.3, 0.4) is 0 Å². The Kier molecular flexibility index (Phi) is 5.45. The van der Waals surface area contributed by atoms with E-state index in [1.54, 1.807) is 60.8 Å². The number of amides is 1. The number of ether oxygens (including phenoxy) is 1. The van der Waals surface area contributed by atoms with Gasteiger partial charge in [-0.3, -0.25) is 18.9 Å². The van der Waals surface area contributed by atoms with E-state index >= 15 is 0 Å². The summed E-state index contributed by atoms with van der Waals surface area (Å²) in [6.07, 6.45) is 1.73. The zero-order valence-electron chi connectivity index (χ0n) is 19.1. The first-order chi connectivity index (χ1) is 16.8. The largest absolute Gasteiger partial charge is 0.505 e. The Morgan fingerprint density at radius 1 is 1.03 bits per heavy atom. The molecular weight excluding hydrogens is 468 g/mol. The molecule has 1 aliphatic rings. The number of rotatable bonds is 4. The van der Waals surface area contributed by atoms with Gasteiger partial charge in [0.15, 0.2) is 10.9 Å². The predicted molar refractivity (Wildman–Crippen MR) is 129 cm³/mol. The molecule has 0 radical (unpaired) electrons. The van der Waals surface area contributed by atoms with Crippen LogP contribution in [0.2, 0.25) is 0 Å². The highest BCUT2D eigenvalue weighted by Gasteiger charge is 2.48. The number of ketones is 1. The van der Waals surface area contributed by atoms with Gasteiger partial charge in [0.2, 0.25) is 0 Å². The number of fused-ring (bicyclic) bond motifs is 1. The zero-order valence-corrected chi connectivity index (χ0v) is 19.9. The number of nitrogens with zero attached hydrogens (tertiary/aromatic N) is 4. The third-order valence-electron chi connectivity index (χ3n) is 5.85. The SMILES string of the molecule is COC(=O)c1sc(N2C(=O)C(=O)C(=C(O)c3c(C)nc4ccccn34)C2c2ccccc2)nc1C. The summed E-state index contributed by atoms with van der Waals surface area (Å²) in [5.41, 5.74) is 2.32. The van der Waals surface area contributed by atoms with E-state index in [-0.39, 0.29) is 21.3 Å². The summed E-state index contributed by atoms with van der Waals surface area (Å²) < 4.78 is 6.49. The van der Waals surface area contributed by atoms with Gasteiger partial charge in [-0.25, -0.2) is 14.8 Å². The summed E-state index contributed by atoms with van der Waals surface area (Å²) >= 11 is 0.956. The molecule has 0 aliphatic carbocycles. The third-order valence-corrected chi connectivity index (χ3v) is 6.99. The van der Waals surface area contributed by atoms with Crippen molar-refractivity contribution in [3.05, 3.63) is 87.8 Å². The quantitative estimate of drug-likeness (QED) is 0.201. The Morgan fingerprint density at radius 3 is 2.46 bits per heavy atom. The number of anilines is 1. The average Bonchev–Trinajstić information content (AvgIpc) is 3.49. The smallest absolute Gasteiger partial charge is 0.350 e. The number of hydrogen-bond acceptors (Lipinski definition) is 8. The molecule has 1 atom stereocenters. The number of pyridine rings is 1. The van der Waals surface area contributed by atoms with Crippen molar-refractivity contribution < 1.29 is 24.2 Å². The normalized spacial score (nSPS) is 17.3. The van der Waals surface area contributed by atoms with E-state index in [2.05, 4.69) is 9.97 Å². The number of benzene rings is 1. The van der Waals surface area contributed by atoms with Crippen molar-refractivity contribution in [2.45, 2.75) is 19.9 Å². The molecule has 0 spiro atoms. The van der Waals surface area contributed by atoms with Crippen LogP contribution in [-0.2, 0) is 14.3 Å². The summed E-state index contributed by atoms with van der Waals surface area (Å²) in [6, 6.07) is 13.3. The van der Waals surface area contributed by atoms with Crippen molar-refractivity contribution in [2.24, 2.45) is 0 Å². The Balaban J connectivity index is 1.76. The van der Waals surface area contributed by atoms with Crippen molar-refractivity contribution in [3.8, 4) is 0 Å². The highest BCUT2D eigenvalue weighted by atomic mass is 32.1. The van der Waals surface area contributed by atoms with Gasteiger partial charge in [-0.05, 0) is 31.5 Å². The lowest BCUT2D eigenvalue weighted by atomic mass is 9.96. The number of esters is 1. The Morgan fingerprint density at radius 2 is 1.74 bits per heavy atom. The van der Waals surface area contributed by atoms with Crippen LogP contribution in [0.4, 0.5) is 5.13 Å². The number of methoxy groups -OCH3 is 1. The molecule has 1 fully saturated rings. The van der Waals surface area contributed by atoms with E-state index in [1.807, 2.05) is 12.1 Å². The second-order valence-corrected chi connectivity index (χ2v) is 8.93. The summed E-state index contributed by atoms with van der Waals surface area (Å²) in [5.74, 6) is -2.62. The molecule has 1 amide bonds. The number of aryl methyl sites for hydroxylation is 2. The van der Waals surface area contributed by atoms with Crippen LogP contribution in [0.25, 0.3) is 11.4 Å². The standard InChI is InChI=1S/C25H20N4O5S/c1-13-18(28-12-8-7-11-16(28)26-13)20(30)17-19(15-9-5-4-6-10-15)29(23(32)21(17)31)25-27-14(2)22(35-25)24(33)34-3/h4-12,19,30H,1-3H3. The summed E-state index contributed by atoms with van der Waals surface area (Å²) in [5, 5.41) is 11.6. The molecule has 0 bridgehead atoms. The maximum Gasteiger partial charge on any atom is 0.350 e. The van der Waals surface area contributed by atoms with Gasteiger partial charge >= 0.3 is 11.9 Å². The monoisotopic (exact) mass is 488 g/mol. The van der Waals surface area contributed by atoms with Crippen molar-refractivity contribution in [3.63, 3.8) is 0 Å². The zero-order chi connectivity index (χ0) is 24.9. The van der Waals surface area contributed by atoms with Gasteiger partial charge in [-0.15, -0.1) is 0 Å². The fourth-order valence-electron chi connectivity index (χ4n) is 4.27. The van der Waals surface area contributed by atoms with Gasteiger partial charge in [0.05, 0.1) is 30.1 Å². The Hall–Kier alpha value is -4.31. The highest BCUT2D eigenvalue weighted by Crippen LogP contribution is 2.44. The molecule has 176 valence electrons. The van der Waals surface area contributed by atoms with Gasteiger partial charge in [0.25, 0.3) is 5.78 Å². The van der Waals surface area contributed by atoms with Crippen LogP contribution < -0.4 is 4.90 Å². The highest BCUT2D eigenvalue weighted by molar-refractivity contribution is 7.17. The van der Waals surface area contributed by atoms with Gasteiger partial charge in [0.1, 0.15) is 16.2 Å². The van der Waals surface area contributed by atoms with Crippen molar-refractivity contribution >= 4 is 45.5 Å². The van der Waals surface area contributed by atoms with Gasteiger partial charge < -0.3 is 9.84 Å². The molecular formula is C25H20N4O5S. The molecule has 1 N–H and O–H groups in total. The number of aliphatic hydroxyl groups excluding tert-OH is 1. The number of hydrogen-bond donors (Lipinski definition) is 1. The molecule has 1 unspecified atom stereocenters. The number of carbonyl (C=O) groups is 3. The third kappa shape index (κ3) is 3.50. The van der Waals surface area contributed by atoms with Crippen LogP contribution in [0.15, 0.2) is 60.3 Å². The molecule has 4 aromatic rings. The lowest BCUT2D eigenvalue weighted by Gasteiger charge is -2.22. The second kappa shape index (κ2) is 8.48. The van der Waals surface area contributed by atoms with Crippen molar-refractivity contribution in [1.29, 1.82) is 0 Å². The maximum atomic E-state index is 13.4. The first-order valence-corrected chi connectivity index (χ1v) is 11.5. The molecule has 1 aromatic carbocycles. The van der Waals surface area contributed by atoms with Crippen LogP contribution >= 0.6 is 11.3 Å². The molecule has 5 rings (SSSR count). The Labute approximate surface area is 203 Å². The molecule has 9 nitrogen and oxygen atoms in total. The molecule has 4 heterocycles. The van der Waals surface area contributed by atoms with E-state index in [0.717, 1.165) is 11.3 Å². The number of aliphatic hydroxyl groups is 1. The first kappa shape index (κ1) is 22.5. The van der Waals surface area contributed by atoms with E-state index < -0.39 is 23.7 Å². The number of carbonyl (C=O) groups excluding carboxylic acids is 3. The van der Waals surface area contributed by atoms with Crippen molar-refractivity contribution in [2.75, 3.05) is 12.0 Å². The van der Waals surface area contributed by atoms with Crippen LogP contribution in [0.5, 0.6) is 0 Å². The molecule has 1 saturated heterocycles. The predicted octanol–water partition coefficient (Wildman–Crippen LogP) is 3.82. The maximum absolute atomic E-state index is 13.4. The summed E-state index contributed by atoms with van der Waals surface area (Å²) in [4.78, 5) is 49.2. The fraction of sp³-hybridized carbons (Fsp3) is 0.160. The van der Waals surface area contributed by atoms with E-state index in [9.17, 15) is 19.5 Å². The lowest BCUT2D eigenvalue weighted by molar-refractivity contribution is -0.132. The average molecular weight is 489 g/mol. The fourth-order valence-corrected chi connectivity index (χ4v) is 5.29. The molecule has 10 heteroatoms. The second-order valence-electron chi connectivity index (χ2n) is 7.96. The van der Waals surface area contributed by atoms with Gasteiger partial charge in [0, 0.05) is 6.20 Å². The lowest BCUT2D eigenvalue weighted by Crippen LogP contribution is -2.29. The van der Waals surface area contributed by atoms with Crippen LogP contribution in [0, 0.1) is 13.8 Å². The van der Waals surface area contributed by atoms with E-state index in [0.29, 0.717) is 28.3 Å². The summed E-state index contributed by atoms with van der Waals surface area (Å²) in [6.45, 7) is 3.35. The van der Waals surface area contributed by atoms with E-state index in [1.165, 1.54) is 12.0 Å². The van der Waals surface area contributed by atoms with Gasteiger partial charge in [-0.2, -0.15) is 0 Å². The van der Waals surface area contributed by atoms with Crippen LogP contribution in [-0.4, -0.2) is 44.2 Å². The van der Waals surface area contributed by atoms with Crippen molar-refractivity contribution in [1.82, 2.24) is 14.4 Å². The minimum absolute atomic E-state index is 0.0811. The number of Topliss-reactive ketones (excluding diaryl/α,β-unsaturated/α-hetero) is 1. The topological polar surface area (TPSA) is 114 Å². The number of imidazole rings is 1. The minimum atomic E-state index is -0.957. The molecule has 35 heavy (non-hydrogen) atoms. The summed E-state index contributed by atoms with van der Waals surface area (Å²) in [7, 11) is 1.26. The Bertz CT molecular complexity index is 1540. The van der Waals surface area contributed by atoms with Gasteiger partial charge in [-0.1, -0.05) is 47.7 Å². The molecule has 3 aromatic heterocycles. The molecule has 0 saturated carbocycles. The number of aromatic nitrogens is 3. The van der Waals surface area contributed by atoms with E-state index in [4.69, 9.17) is 4.74 Å². The minimum Gasteiger partial charge on any atom is -0.505 e.